The standard InChI is InChI=1S/C25H22Cl2N6O/c26-19-8-4-9-20(27)18(19)10-12-28-24-29-13-11-22(31-24)32-14-5-15-33-23(34)16-21(30-25(32)33)17-6-2-1-3-7-17/h1-4,6-9,11,13,16H,5,10,12,14-15H2,(H,28,29,31). The molecule has 0 amide bonds. The second-order valence-corrected chi connectivity index (χ2v) is 8.73. The molecular weight excluding hydrogens is 471 g/mol. The van der Waals surface area contributed by atoms with Crippen LogP contribution in [0.25, 0.3) is 11.3 Å². The van der Waals surface area contributed by atoms with Crippen LogP contribution in [-0.4, -0.2) is 32.6 Å². The van der Waals surface area contributed by atoms with Gasteiger partial charge in [-0.1, -0.05) is 59.6 Å². The molecule has 0 radical (unpaired) electrons. The van der Waals surface area contributed by atoms with E-state index < -0.39 is 0 Å². The Balaban J connectivity index is 1.40. The molecular formula is C25H22Cl2N6O. The van der Waals surface area contributed by atoms with Gasteiger partial charge in [0.05, 0.1) is 5.69 Å². The highest BCUT2D eigenvalue weighted by Crippen LogP contribution is 2.28. The maximum atomic E-state index is 12.9. The molecule has 7 nitrogen and oxygen atoms in total. The van der Waals surface area contributed by atoms with E-state index in [-0.39, 0.29) is 5.56 Å². The molecule has 0 spiro atoms. The maximum Gasteiger partial charge on any atom is 0.255 e. The summed E-state index contributed by atoms with van der Waals surface area (Å²) in [4.78, 5) is 28.7. The highest BCUT2D eigenvalue weighted by atomic mass is 35.5. The zero-order valence-electron chi connectivity index (χ0n) is 18.3. The molecule has 3 heterocycles. The molecule has 5 rings (SSSR count). The van der Waals surface area contributed by atoms with E-state index >= 15 is 0 Å². The van der Waals surface area contributed by atoms with Crippen molar-refractivity contribution >= 4 is 40.9 Å². The van der Waals surface area contributed by atoms with Gasteiger partial charge in [0.25, 0.3) is 5.56 Å². The molecule has 0 fully saturated rings. The zero-order chi connectivity index (χ0) is 23.5. The predicted molar refractivity (Wildman–Crippen MR) is 136 cm³/mol. The van der Waals surface area contributed by atoms with E-state index in [0.717, 1.165) is 17.5 Å². The van der Waals surface area contributed by atoms with Gasteiger partial charge in [-0.25, -0.2) is 9.97 Å². The van der Waals surface area contributed by atoms with Crippen LogP contribution in [0.5, 0.6) is 0 Å². The van der Waals surface area contributed by atoms with Gasteiger partial charge in [-0.05, 0) is 36.6 Å². The van der Waals surface area contributed by atoms with Gasteiger partial charge < -0.3 is 5.32 Å². The summed E-state index contributed by atoms with van der Waals surface area (Å²) in [6, 6.07) is 18.6. The molecule has 0 saturated carbocycles. The van der Waals surface area contributed by atoms with Gasteiger partial charge in [0, 0.05) is 47.5 Å². The van der Waals surface area contributed by atoms with Crippen LogP contribution in [0.2, 0.25) is 10.0 Å². The Hall–Kier alpha value is -3.42. The molecule has 0 bridgehead atoms. The van der Waals surface area contributed by atoms with E-state index in [1.54, 1.807) is 16.8 Å². The van der Waals surface area contributed by atoms with E-state index in [9.17, 15) is 4.79 Å². The molecule has 1 aliphatic rings. The van der Waals surface area contributed by atoms with Gasteiger partial charge >= 0.3 is 0 Å². The third-order valence-corrected chi connectivity index (χ3v) is 6.41. The van der Waals surface area contributed by atoms with Crippen molar-refractivity contribution in [3.63, 3.8) is 0 Å². The van der Waals surface area contributed by atoms with Crippen LogP contribution < -0.4 is 15.8 Å². The van der Waals surface area contributed by atoms with E-state index in [0.29, 0.717) is 59.5 Å². The lowest BCUT2D eigenvalue weighted by atomic mass is 10.1. The summed E-state index contributed by atoms with van der Waals surface area (Å²) >= 11 is 12.5. The van der Waals surface area contributed by atoms with Gasteiger partial charge in [0.2, 0.25) is 11.9 Å². The Morgan fingerprint density at radius 2 is 1.74 bits per heavy atom. The molecule has 2 aromatic carbocycles. The number of aromatic nitrogens is 4. The lowest BCUT2D eigenvalue weighted by Crippen LogP contribution is -2.36. The molecule has 0 saturated heterocycles. The van der Waals surface area contributed by atoms with Crippen LogP contribution in [0.1, 0.15) is 12.0 Å². The number of hydrogen-bond donors (Lipinski definition) is 1. The fourth-order valence-corrected chi connectivity index (χ4v) is 4.61. The van der Waals surface area contributed by atoms with Gasteiger partial charge in [0.1, 0.15) is 5.82 Å². The smallest absolute Gasteiger partial charge is 0.255 e. The van der Waals surface area contributed by atoms with Gasteiger partial charge in [0.15, 0.2) is 0 Å². The van der Waals surface area contributed by atoms with Crippen LogP contribution in [0.15, 0.2) is 71.7 Å². The van der Waals surface area contributed by atoms with Gasteiger partial charge in [-0.15, -0.1) is 0 Å². The second-order valence-electron chi connectivity index (χ2n) is 7.92. The van der Waals surface area contributed by atoms with E-state index in [1.165, 1.54) is 0 Å². The van der Waals surface area contributed by atoms with Crippen molar-refractivity contribution in [2.24, 2.45) is 0 Å². The van der Waals surface area contributed by atoms with Crippen LogP contribution in [0, 0.1) is 0 Å². The largest absolute Gasteiger partial charge is 0.354 e. The lowest BCUT2D eigenvalue weighted by Gasteiger charge is -2.30. The van der Waals surface area contributed by atoms with Gasteiger partial charge in [-0.3, -0.25) is 14.3 Å². The summed E-state index contributed by atoms with van der Waals surface area (Å²) in [6.07, 6.45) is 3.15. The first-order valence-corrected chi connectivity index (χ1v) is 11.8. The third-order valence-electron chi connectivity index (χ3n) is 5.70. The summed E-state index contributed by atoms with van der Waals surface area (Å²) in [5.41, 5.74) is 2.36. The van der Waals surface area contributed by atoms with Crippen LogP contribution in [0.3, 0.4) is 0 Å². The summed E-state index contributed by atoms with van der Waals surface area (Å²) in [7, 11) is 0. The highest BCUT2D eigenvalue weighted by Gasteiger charge is 2.23. The molecule has 0 unspecified atom stereocenters. The minimum atomic E-state index is -0.0717. The Kier molecular flexibility index (Phi) is 6.47. The van der Waals surface area contributed by atoms with Crippen LogP contribution in [-0.2, 0) is 13.0 Å². The molecule has 0 atom stereocenters. The average Bonchev–Trinajstić information content (AvgIpc) is 2.86. The molecule has 1 N–H and O–H groups in total. The highest BCUT2D eigenvalue weighted by molar-refractivity contribution is 6.36. The molecule has 4 aromatic rings. The molecule has 1 aliphatic heterocycles. The fraction of sp³-hybridized carbons (Fsp3) is 0.200. The number of benzene rings is 2. The van der Waals surface area contributed by atoms with Gasteiger partial charge in [-0.2, -0.15) is 4.98 Å². The lowest BCUT2D eigenvalue weighted by molar-refractivity contribution is 0.561. The normalized spacial score (nSPS) is 12.9. The minimum Gasteiger partial charge on any atom is -0.354 e. The first-order chi connectivity index (χ1) is 16.6. The van der Waals surface area contributed by atoms with E-state index in [4.69, 9.17) is 28.2 Å². The summed E-state index contributed by atoms with van der Waals surface area (Å²) < 4.78 is 1.70. The summed E-state index contributed by atoms with van der Waals surface area (Å²) in [5, 5.41) is 4.52. The molecule has 172 valence electrons. The van der Waals surface area contributed by atoms with Crippen molar-refractivity contribution in [3.8, 4) is 11.3 Å². The number of nitrogens with zero attached hydrogens (tertiary/aromatic N) is 5. The first-order valence-electron chi connectivity index (χ1n) is 11.0. The zero-order valence-corrected chi connectivity index (χ0v) is 19.8. The molecule has 2 aromatic heterocycles. The number of hydrogen-bond acceptors (Lipinski definition) is 6. The third kappa shape index (κ3) is 4.62. The molecule has 0 aliphatic carbocycles. The Bertz CT molecular complexity index is 1360. The van der Waals surface area contributed by atoms with Crippen molar-refractivity contribution in [2.45, 2.75) is 19.4 Å². The molecule has 34 heavy (non-hydrogen) atoms. The fourth-order valence-electron chi connectivity index (χ4n) is 4.03. The number of rotatable bonds is 6. The first kappa shape index (κ1) is 22.4. The minimum absolute atomic E-state index is 0.0717. The predicted octanol–water partition coefficient (Wildman–Crippen LogP) is 5.20. The topological polar surface area (TPSA) is 75.9 Å². The van der Waals surface area contributed by atoms with E-state index in [2.05, 4.69) is 15.3 Å². The van der Waals surface area contributed by atoms with Crippen LogP contribution in [0.4, 0.5) is 17.7 Å². The second kappa shape index (κ2) is 9.83. The number of anilines is 3. The maximum absolute atomic E-state index is 12.9. The Morgan fingerprint density at radius 3 is 2.53 bits per heavy atom. The number of fused-ring (bicyclic) bond motifs is 1. The Morgan fingerprint density at radius 1 is 0.941 bits per heavy atom. The van der Waals surface area contributed by atoms with Crippen molar-refractivity contribution in [2.75, 3.05) is 23.3 Å². The quantitative estimate of drug-likeness (QED) is 0.398. The van der Waals surface area contributed by atoms with Crippen molar-refractivity contribution in [1.82, 2.24) is 19.5 Å². The monoisotopic (exact) mass is 492 g/mol. The summed E-state index contributed by atoms with van der Waals surface area (Å²) in [5.74, 6) is 1.75. The SMILES string of the molecule is O=c1cc(-c2ccccc2)nc2n1CCCN2c1ccnc(NCCc2c(Cl)cccc2Cl)n1. The number of nitrogens with one attached hydrogen (secondary N) is 1. The Labute approximate surface area is 207 Å². The van der Waals surface area contributed by atoms with E-state index in [1.807, 2.05) is 59.5 Å². The van der Waals surface area contributed by atoms with Crippen LogP contribution >= 0.6 is 23.2 Å². The average molecular weight is 493 g/mol. The summed E-state index contributed by atoms with van der Waals surface area (Å²) in [6.45, 7) is 1.90. The van der Waals surface area contributed by atoms with Crippen molar-refractivity contribution < 1.29 is 0 Å². The van der Waals surface area contributed by atoms with Crippen molar-refractivity contribution in [3.05, 3.63) is 92.8 Å². The molecule has 9 heteroatoms. The number of halogens is 2. The van der Waals surface area contributed by atoms with Crippen molar-refractivity contribution in [1.29, 1.82) is 0 Å².